The van der Waals surface area contributed by atoms with Crippen LogP contribution in [0, 0.1) is 5.92 Å². The fourth-order valence-electron chi connectivity index (χ4n) is 4.07. The highest BCUT2D eigenvalue weighted by Gasteiger charge is 2.41. The Bertz CT molecular complexity index is 779. The predicted molar refractivity (Wildman–Crippen MR) is 112 cm³/mol. The van der Waals surface area contributed by atoms with Gasteiger partial charge in [-0.1, -0.05) is 42.5 Å². The number of rotatable bonds is 6. The van der Waals surface area contributed by atoms with Gasteiger partial charge in [0.1, 0.15) is 0 Å². The molecule has 1 aromatic carbocycles. The molecule has 1 saturated heterocycles. The average Bonchev–Trinajstić information content (AvgIpc) is 3.38. The molecule has 2 fully saturated rings. The SMILES string of the molecule is CC(C)(C)n1nnnc1C(C1CC1)N1CCN(C/C=C/c2ccccc2)CC1. The van der Waals surface area contributed by atoms with E-state index in [1.54, 1.807) is 0 Å². The first kappa shape index (κ1) is 19.3. The fourth-order valence-corrected chi connectivity index (χ4v) is 4.07. The molecule has 150 valence electrons. The van der Waals surface area contributed by atoms with Crippen LogP contribution in [0.15, 0.2) is 36.4 Å². The number of hydrogen-bond donors (Lipinski definition) is 0. The summed E-state index contributed by atoms with van der Waals surface area (Å²) in [5, 5.41) is 12.8. The Morgan fingerprint density at radius 1 is 1.07 bits per heavy atom. The molecule has 0 N–H and O–H groups in total. The molecule has 1 saturated carbocycles. The highest BCUT2D eigenvalue weighted by molar-refractivity contribution is 5.48. The molecule has 2 aliphatic rings. The van der Waals surface area contributed by atoms with Crippen LogP contribution in [0.3, 0.4) is 0 Å². The summed E-state index contributed by atoms with van der Waals surface area (Å²) in [4.78, 5) is 5.15. The summed E-state index contributed by atoms with van der Waals surface area (Å²) < 4.78 is 2.03. The lowest BCUT2D eigenvalue weighted by Gasteiger charge is -2.39. The van der Waals surface area contributed by atoms with Crippen LogP contribution in [0.5, 0.6) is 0 Å². The van der Waals surface area contributed by atoms with Crippen molar-refractivity contribution in [3.8, 4) is 0 Å². The van der Waals surface area contributed by atoms with Gasteiger partial charge in [-0.15, -0.1) is 5.10 Å². The molecule has 2 heterocycles. The maximum Gasteiger partial charge on any atom is 0.169 e. The molecule has 2 aromatic rings. The largest absolute Gasteiger partial charge is 0.297 e. The lowest BCUT2D eigenvalue weighted by molar-refractivity contribution is 0.0837. The molecule has 0 bridgehead atoms. The Kier molecular flexibility index (Phi) is 5.60. The van der Waals surface area contributed by atoms with Crippen molar-refractivity contribution in [1.29, 1.82) is 0 Å². The lowest BCUT2D eigenvalue weighted by Crippen LogP contribution is -2.48. The van der Waals surface area contributed by atoms with Crippen LogP contribution in [0.4, 0.5) is 0 Å². The van der Waals surface area contributed by atoms with Gasteiger partial charge in [-0.05, 0) is 55.5 Å². The van der Waals surface area contributed by atoms with Gasteiger partial charge in [-0.2, -0.15) is 0 Å². The van der Waals surface area contributed by atoms with Gasteiger partial charge in [0.2, 0.25) is 0 Å². The van der Waals surface area contributed by atoms with Gasteiger partial charge in [0.05, 0.1) is 11.6 Å². The molecule has 1 aromatic heterocycles. The van der Waals surface area contributed by atoms with Crippen LogP contribution >= 0.6 is 0 Å². The number of benzene rings is 1. The van der Waals surface area contributed by atoms with Gasteiger partial charge in [0.15, 0.2) is 5.82 Å². The Morgan fingerprint density at radius 2 is 1.79 bits per heavy atom. The van der Waals surface area contributed by atoms with Gasteiger partial charge in [-0.25, -0.2) is 4.68 Å². The predicted octanol–water partition coefficient (Wildman–Crippen LogP) is 3.21. The fraction of sp³-hybridized carbons (Fsp3) is 0.591. The molecular weight excluding hydrogens is 348 g/mol. The minimum Gasteiger partial charge on any atom is -0.297 e. The number of aromatic nitrogens is 4. The summed E-state index contributed by atoms with van der Waals surface area (Å²) in [6.07, 6.45) is 7.09. The summed E-state index contributed by atoms with van der Waals surface area (Å²) in [6.45, 7) is 11.9. The van der Waals surface area contributed by atoms with E-state index in [4.69, 9.17) is 0 Å². The second kappa shape index (κ2) is 8.13. The third kappa shape index (κ3) is 4.50. The van der Waals surface area contributed by atoms with Crippen molar-refractivity contribution in [2.24, 2.45) is 5.92 Å². The smallest absolute Gasteiger partial charge is 0.169 e. The highest BCUT2D eigenvalue weighted by Crippen LogP contribution is 2.44. The third-order valence-electron chi connectivity index (χ3n) is 5.74. The second-order valence-corrected chi connectivity index (χ2v) is 9.05. The molecule has 1 aliphatic carbocycles. The van der Waals surface area contributed by atoms with Crippen molar-refractivity contribution in [3.05, 3.63) is 47.8 Å². The van der Waals surface area contributed by atoms with Crippen molar-refractivity contribution in [2.75, 3.05) is 32.7 Å². The first-order valence-corrected chi connectivity index (χ1v) is 10.5. The lowest BCUT2D eigenvalue weighted by atomic mass is 10.1. The Labute approximate surface area is 168 Å². The van der Waals surface area contributed by atoms with Crippen LogP contribution in [-0.4, -0.2) is 62.7 Å². The van der Waals surface area contributed by atoms with Crippen LogP contribution in [0.1, 0.15) is 51.0 Å². The summed E-state index contributed by atoms with van der Waals surface area (Å²) in [5.74, 6) is 1.75. The van der Waals surface area contributed by atoms with Crippen molar-refractivity contribution < 1.29 is 0 Å². The minimum absolute atomic E-state index is 0.0873. The number of hydrogen-bond acceptors (Lipinski definition) is 5. The van der Waals surface area contributed by atoms with Gasteiger partial charge < -0.3 is 0 Å². The standard InChI is InChI=1S/C22H32N6/c1-22(2,3)28-21(23-24-25-28)20(19-11-12-19)27-16-14-26(15-17-27)13-7-10-18-8-5-4-6-9-18/h4-10,19-20H,11-17H2,1-3H3/b10-7+. The Morgan fingerprint density at radius 3 is 2.43 bits per heavy atom. The Balaban J connectivity index is 1.37. The molecule has 1 aliphatic heterocycles. The molecule has 28 heavy (non-hydrogen) atoms. The van der Waals surface area contributed by atoms with E-state index in [-0.39, 0.29) is 5.54 Å². The number of tetrazole rings is 1. The van der Waals surface area contributed by atoms with Gasteiger partial charge in [0, 0.05) is 32.7 Å². The zero-order valence-corrected chi connectivity index (χ0v) is 17.3. The van der Waals surface area contributed by atoms with E-state index in [1.807, 2.05) is 4.68 Å². The number of piperazine rings is 1. The maximum absolute atomic E-state index is 4.46. The zero-order chi connectivity index (χ0) is 19.6. The average molecular weight is 381 g/mol. The summed E-state index contributed by atoms with van der Waals surface area (Å²) in [5.41, 5.74) is 1.18. The second-order valence-electron chi connectivity index (χ2n) is 9.05. The Hall–Kier alpha value is -2.05. The molecule has 1 unspecified atom stereocenters. The topological polar surface area (TPSA) is 50.1 Å². The molecule has 0 spiro atoms. The van der Waals surface area contributed by atoms with Gasteiger partial charge in [-0.3, -0.25) is 9.80 Å². The quantitative estimate of drug-likeness (QED) is 0.770. The maximum atomic E-state index is 4.46. The van der Waals surface area contributed by atoms with E-state index in [0.29, 0.717) is 12.0 Å². The van der Waals surface area contributed by atoms with Gasteiger partial charge >= 0.3 is 0 Å². The molecule has 0 radical (unpaired) electrons. The van der Waals surface area contributed by atoms with E-state index in [1.165, 1.54) is 18.4 Å². The molecule has 1 atom stereocenters. The van der Waals surface area contributed by atoms with Crippen molar-refractivity contribution in [1.82, 2.24) is 30.0 Å². The van der Waals surface area contributed by atoms with Crippen molar-refractivity contribution in [3.63, 3.8) is 0 Å². The van der Waals surface area contributed by atoms with Crippen LogP contribution in [0.2, 0.25) is 0 Å². The molecule has 0 amide bonds. The van der Waals surface area contributed by atoms with Gasteiger partial charge in [0.25, 0.3) is 0 Å². The molecular formula is C22H32N6. The van der Waals surface area contributed by atoms with Crippen LogP contribution in [0.25, 0.3) is 6.08 Å². The first-order valence-electron chi connectivity index (χ1n) is 10.5. The van der Waals surface area contributed by atoms with Crippen LogP contribution in [-0.2, 0) is 5.54 Å². The minimum atomic E-state index is -0.0873. The van der Waals surface area contributed by atoms with E-state index in [9.17, 15) is 0 Å². The molecule has 6 heteroatoms. The number of nitrogens with zero attached hydrogens (tertiary/aromatic N) is 6. The normalized spacial score (nSPS) is 20.7. The van der Waals surface area contributed by atoms with E-state index in [0.717, 1.165) is 38.5 Å². The third-order valence-corrected chi connectivity index (χ3v) is 5.74. The van der Waals surface area contributed by atoms with Crippen molar-refractivity contribution in [2.45, 2.75) is 45.2 Å². The van der Waals surface area contributed by atoms with E-state index in [2.05, 4.69) is 88.6 Å². The summed E-state index contributed by atoms with van der Waals surface area (Å²) in [6, 6.07) is 10.9. The molecule has 6 nitrogen and oxygen atoms in total. The monoisotopic (exact) mass is 380 g/mol. The molecule has 4 rings (SSSR count). The van der Waals surface area contributed by atoms with E-state index >= 15 is 0 Å². The first-order chi connectivity index (χ1) is 13.5. The highest BCUT2D eigenvalue weighted by atomic mass is 15.6. The summed E-state index contributed by atoms with van der Waals surface area (Å²) >= 11 is 0. The van der Waals surface area contributed by atoms with Crippen LogP contribution < -0.4 is 0 Å². The summed E-state index contributed by atoms with van der Waals surface area (Å²) in [7, 11) is 0. The van der Waals surface area contributed by atoms with Crippen molar-refractivity contribution >= 4 is 6.08 Å². The zero-order valence-electron chi connectivity index (χ0n) is 17.3. The van der Waals surface area contributed by atoms with E-state index < -0.39 is 0 Å².